The van der Waals surface area contributed by atoms with Gasteiger partial charge in [0, 0.05) is 32.4 Å². The van der Waals surface area contributed by atoms with E-state index in [4.69, 9.17) is 4.74 Å². The van der Waals surface area contributed by atoms with Gasteiger partial charge in [-0.25, -0.2) is 0 Å². The lowest BCUT2D eigenvalue weighted by Gasteiger charge is -2.22. The van der Waals surface area contributed by atoms with Gasteiger partial charge in [-0.1, -0.05) is 30.3 Å². The molecule has 0 radical (unpaired) electrons. The molecule has 1 fully saturated rings. The Bertz CT molecular complexity index is 806. The number of benzene rings is 2. The van der Waals surface area contributed by atoms with E-state index in [1.54, 1.807) is 0 Å². The van der Waals surface area contributed by atoms with E-state index in [0.717, 1.165) is 12.3 Å². The molecule has 0 atom stereocenters. The predicted molar refractivity (Wildman–Crippen MR) is 119 cm³/mol. The molecule has 6 heteroatoms. The fourth-order valence-electron chi connectivity index (χ4n) is 3.54. The summed E-state index contributed by atoms with van der Waals surface area (Å²) in [6.07, 6.45) is 1.30. The molecule has 0 aliphatic carbocycles. The Balaban J connectivity index is 1.34. The quantitative estimate of drug-likeness (QED) is 0.740. The van der Waals surface area contributed by atoms with Crippen molar-refractivity contribution in [1.82, 2.24) is 4.90 Å². The molecule has 2 aliphatic rings. The van der Waals surface area contributed by atoms with Crippen LogP contribution in [0.2, 0.25) is 0 Å². The number of rotatable bonds is 4. The molecule has 148 valence electrons. The van der Waals surface area contributed by atoms with E-state index in [2.05, 4.69) is 36.2 Å². The van der Waals surface area contributed by atoms with Crippen LogP contribution in [0.25, 0.3) is 0 Å². The summed E-state index contributed by atoms with van der Waals surface area (Å²) in [7, 11) is 2.08. The molecule has 1 amide bonds. The van der Waals surface area contributed by atoms with Crippen LogP contribution in [0.3, 0.4) is 0 Å². The fourth-order valence-corrected chi connectivity index (χ4v) is 6.44. The zero-order valence-corrected chi connectivity index (χ0v) is 17.8. The number of anilines is 1. The minimum atomic E-state index is 0.0348. The first-order valence-corrected chi connectivity index (χ1v) is 11.8. The molecular weight excluding hydrogens is 388 g/mol. The molecular formula is C22H26N2O2S2. The van der Waals surface area contributed by atoms with Crippen molar-refractivity contribution in [2.45, 2.75) is 17.5 Å². The molecule has 0 unspecified atom stereocenters. The van der Waals surface area contributed by atoms with Crippen LogP contribution in [-0.4, -0.2) is 49.1 Å². The summed E-state index contributed by atoms with van der Waals surface area (Å²) in [6.45, 7) is 2.26. The lowest BCUT2D eigenvalue weighted by molar-refractivity contribution is -0.133. The van der Waals surface area contributed by atoms with Gasteiger partial charge in [0.25, 0.3) is 5.91 Å². The van der Waals surface area contributed by atoms with Crippen LogP contribution in [0, 0.1) is 0 Å². The van der Waals surface area contributed by atoms with Crippen molar-refractivity contribution < 1.29 is 9.53 Å². The van der Waals surface area contributed by atoms with E-state index in [1.807, 2.05) is 52.7 Å². The average molecular weight is 415 g/mol. The molecule has 0 N–H and O–H groups in total. The number of thioether (sulfide) groups is 2. The number of carbonyl (C=O) groups is 1. The van der Waals surface area contributed by atoms with E-state index in [1.165, 1.54) is 34.7 Å². The smallest absolute Gasteiger partial charge is 0.260 e. The number of amides is 1. The predicted octanol–water partition coefficient (Wildman–Crippen LogP) is 4.41. The van der Waals surface area contributed by atoms with Gasteiger partial charge in [0.2, 0.25) is 0 Å². The maximum Gasteiger partial charge on any atom is 0.260 e. The highest BCUT2D eigenvalue weighted by Gasteiger charge is 2.21. The highest BCUT2D eigenvalue weighted by molar-refractivity contribution is 8.16. The summed E-state index contributed by atoms with van der Waals surface area (Å²) in [5.41, 5.74) is 3.72. The largest absolute Gasteiger partial charge is 0.484 e. The third-order valence-electron chi connectivity index (χ3n) is 5.16. The van der Waals surface area contributed by atoms with Crippen LogP contribution in [0.4, 0.5) is 5.69 Å². The molecule has 2 aromatic rings. The Hall–Kier alpha value is -1.79. The molecule has 0 saturated carbocycles. The van der Waals surface area contributed by atoms with Crippen LogP contribution in [0.5, 0.6) is 5.75 Å². The van der Waals surface area contributed by atoms with Crippen LogP contribution in [-0.2, 0) is 11.3 Å². The van der Waals surface area contributed by atoms with Crippen LogP contribution in [0.15, 0.2) is 48.5 Å². The van der Waals surface area contributed by atoms with Crippen LogP contribution in [0.1, 0.15) is 22.1 Å². The van der Waals surface area contributed by atoms with Gasteiger partial charge in [-0.05, 0) is 47.3 Å². The van der Waals surface area contributed by atoms with Gasteiger partial charge in [0.05, 0.1) is 4.58 Å². The van der Waals surface area contributed by atoms with Gasteiger partial charge in [0.15, 0.2) is 6.61 Å². The Morgan fingerprint density at radius 2 is 1.82 bits per heavy atom. The summed E-state index contributed by atoms with van der Waals surface area (Å²) in [6, 6.07) is 16.5. The molecule has 2 aromatic carbocycles. The molecule has 0 spiro atoms. The molecule has 0 bridgehead atoms. The van der Waals surface area contributed by atoms with Crippen molar-refractivity contribution >= 4 is 35.1 Å². The molecule has 1 saturated heterocycles. The minimum Gasteiger partial charge on any atom is -0.484 e. The second-order valence-corrected chi connectivity index (χ2v) is 9.87. The number of likely N-dealkylation sites (N-methyl/N-ethyl adjacent to an activating group) is 1. The number of hydrogen-bond acceptors (Lipinski definition) is 5. The number of hydrogen-bond donors (Lipinski definition) is 0. The van der Waals surface area contributed by atoms with Crippen molar-refractivity contribution in [1.29, 1.82) is 0 Å². The zero-order chi connectivity index (χ0) is 19.3. The van der Waals surface area contributed by atoms with Gasteiger partial charge in [-0.15, -0.1) is 23.5 Å². The van der Waals surface area contributed by atoms with Gasteiger partial charge in [-0.3, -0.25) is 4.79 Å². The highest BCUT2D eigenvalue weighted by atomic mass is 32.2. The highest BCUT2D eigenvalue weighted by Crippen LogP contribution is 2.43. The van der Waals surface area contributed by atoms with E-state index in [9.17, 15) is 4.79 Å². The Labute approximate surface area is 175 Å². The first kappa shape index (κ1) is 19.5. The molecule has 2 heterocycles. The molecule has 4 rings (SSSR count). The van der Waals surface area contributed by atoms with Crippen molar-refractivity contribution in [2.75, 3.05) is 43.1 Å². The Morgan fingerprint density at radius 3 is 2.61 bits per heavy atom. The van der Waals surface area contributed by atoms with Gasteiger partial charge < -0.3 is 14.5 Å². The third-order valence-corrected chi connectivity index (χ3v) is 8.18. The zero-order valence-electron chi connectivity index (χ0n) is 16.2. The topological polar surface area (TPSA) is 32.8 Å². The maximum absolute atomic E-state index is 12.7. The summed E-state index contributed by atoms with van der Waals surface area (Å²) in [5, 5.41) is 0. The van der Waals surface area contributed by atoms with E-state index in [0.29, 0.717) is 17.7 Å². The van der Waals surface area contributed by atoms with Crippen molar-refractivity contribution in [3.63, 3.8) is 0 Å². The molecule has 2 aliphatic heterocycles. The summed E-state index contributed by atoms with van der Waals surface area (Å²) < 4.78 is 6.33. The van der Waals surface area contributed by atoms with Crippen LogP contribution >= 0.6 is 23.5 Å². The van der Waals surface area contributed by atoms with Gasteiger partial charge >= 0.3 is 0 Å². The Morgan fingerprint density at radius 1 is 1.07 bits per heavy atom. The first-order valence-electron chi connectivity index (χ1n) is 9.73. The summed E-state index contributed by atoms with van der Waals surface area (Å²) in [4.78, 5) is 16.8. The number of para-hydroxylation sites is 1. The molecule has 28 heavy (non-hydrogen) atoms. The van der Waals surface area contributed by atoms with Crippen molar-refractivity contribution in [3.8, 4) is 5.75 Å². The van der Waals surface area contributed by atoms with Gasteiger partial charge in [-0.2, -0.15) is 0 Å². The summed E-state index contributed by atoms with van der Waals surface area (Å²) >= 11 is 4.03. The van der Waals surface area contributed by atoms with E-state index >= 15 is 0 Å². The van der Waals surface area contributed by atoms with Crippen LogP contribution < -0.4 is 9.64 Å². The maximum atomic E-state index is 12.7. The number of fused-ring (bicyclic) bond motifs is 1. The lowest BCUT2D eigenvalue weighted by Crippen LogP contribution is -2.37. The number of nitrogens with zero attached hydrogens (tertiary/aromatic N) is 2. The standard InChI is InChI=1S/C22H26N2O2S2/c1-23-11-12-24(15-18-5-2-3-6-20(18)23)21(25)16-26-19-9-7-17(8-10-19)22-27-13-4-14-28-22/h2-3,5-10,22H,4,11-16H2,1H3. The molecule has 4 nitrogen and oxygen atoms in total. The normalized spacial score (nSPS) is 17.8. The van der Waals surface area contributed by atoms with E-state index in [-0.39, 0.29) is 12.5 Å². The summed E-state index contributed by atoms with van der Waals surface area (Å²) in [5.74, 6) is 3.26. The second-order valence-electron chi connectivity index (χ2n) is 7.15. The minimum absolute atomic E-state index is 0.0348. The third kappa shape index (κ3) is 4.61. The van der Waals surface area contributed by atoms with Crippen molar-refractivity contribution in [2.24, 2.45) is 0 Å². The fraction of sp³-hybridized carbons (Fsp3) is 0.409. The number of carbonyl (C=O) groups excluding carboxylic acids is 1. The first-order chi connectivity index (χ1) is 13.7. The van der Waals surface area contributed by atoms with E-state index < -0.39 is 0 Å². The Kier molecular flexibility index (Phi) is 6.37. The molecule has 0 aromatic heterocycles. The lowest BCUT2D eigenvalue weighted by atomic mass is 10.1. The SMILES string of the molecule is CN1CCN(C(=O)COc2ccc(C3SCCCS3)cc2)Cc2ccccc21. The van der Waals surface area contributed by atoms with Gasteiger partial charge in [0.1, 0.15) is 5.75 Å². The number of ether oxygens (including phenoxy) is 1. The monoisotopic (exact) mass is 414 g/mol. The second kappa shape index (κ2) is 9.14. The average Bonchev–Trinajstić information content (AvgIpc) is 2.92. The van der Waals surface area contributed by atoms with Crippen molar-refractivity contribution in [3.05, 3.63) is 59.7 Å².